The van der Waals surface area contributed by atoms with Gasteiger partial charge in [-0.2, -0.15) is 15.0 Å². The number of rotatable bonds is 9. The first-order chi connectivity index (χ1) is 14.3. The number of fused-ring (bicyclic) bond motifs is 1. The van der Waals surface area contributed by atoms with Crippen molar-refractivity contribution in [2.24, 2.45) is 0 Å². The largest absolute Gasteiger partial charge is 0.354 e. The number of aromatic nitrogens is 5. The summed E-state index contributed by atoms with van der Waals surface area (Å²) in [5.74, 6) is 1.74. The number of aromatic amines is 2. The van der Waals surface area contributed by atoms with Crippen molar-refractivity contribution in [3.8, 4) is 0 Å². The summed E-state index contributed by atoms with van der Waals surface area (Å²) in [6.07, 6.45) is 1.01. The zero-order chi connectivity index (χ0) is 21.7. The van der Waals surface area contributed by atoms with Gasteiger partial charge in [-0.05, 0) is 44.3 Å². The van der Waals surface area contributed by atoms with Gasteiger partial charge in [0.1, 0.15) is 5.82 Å². The van der Waals surface area contributed by atoms with Crippen LogP contribution in [0.1, 0.15) is 46.9 Å². The van der Waals surface area contributed by atoms with Crippen molar-refractivity contribution < 1.29 is 0 Å². The average Bonchev–Trinajstić information content (AvgIpc) is 3.06. The van der Waals surface area contributed by atoms with Gasteiger partial charge >= 0.3 is 5.69 Å². The van der Waals surface area contributed by atoms with E-state index in [9.17, 15) is 4.79 Å². The monoisotopic (exact) mass is 412 g/mol. The molecule has 0 aliphatic rings. The van der Waals surface area contributed by atoms with Gasteiger partial charge in [-0.1, -0.05) is 34.6 Å². The standard InChI is InChI=1S/C21H32N8O/c1-6-29(7-2)12-8-11-22-18-26-17(21(3,4)5)27-19(28-18)23-14-9-10-15-16(13-14)25-20(30)24-15/h9-10,13H,6-8,11-12H2,1-5H3,(H2,24,25,30)(H2,22,23,26,27,28). The van der Waals surface area contributed by atoms with Gasteiger partial charge in [-0.3, -0.25) is 0 Å². The summed E-state index contributed by atoms with van der Waals surface area (Å²) >= 11 is 0. The van der Waals surface area contributed by atoms with Crippen LogP contribution in [-0.4, -0.2) is 56.0 Å². The van der Waals surface area contributed by atoms with Gasteiger partial charge in [0.2, 0.25) is 11.9 Å². The maximum absolute atomic E-state index is 11.5. The predicted octanol–water partition coefficient (Wildman–Crippen LogP) is 3.23. The SMILES string of the molecule is CCN(CC)CCCNc1nc(Nc2ccc3[nH]c(=O)[nH]c3c2)nc(C(C)(C)C)n1. The highest BCUT2D eigenvalue weighted by Crippen LogP contribution is 2.23. The third-order valence-corrected chi connectivity index (χ3v) is 4.91. The summed E-state index contributed by atoms with van der Waals surface area (Å²) in [4.78, 5) is 33.2. The maximum atomic E-state index is 11.5. The molecule has 9 nitrogen and oxygen atoms in total. The van der Waals surface area contributed by atoms with Crippen molar-refractivity contribution in [2.75, 3.05) is 36.8 Å². The lowest BCUT2D eigenvalue weighted by molar-refractivity contribution is 0.303. The molecule has 0 atom stereocenters. The zero-order valence-electron chi connectivity index (χ0n) is 18.5. The summed E-state index contributed by atoms with van der Waals surface area (Å²) in [7, 11) is 0. The Balaban J connectivity index is 1.77. The molecule has 0 aliphatic carbocycles. The molecule has 4 N–H and O–H groups in total. The summed E-state index contributed by atoms with van der Waals surface area (Å²) in [6, 6.07) is 5.57. The lowest BCUT2D eigenvalue weighted by Crippen LogP contribution is -2.26. The molecule has 162 valence electrons. The van der Waals surface area contributed by atoms with Crippen LogP contribution in [0, 0.1) is 0 Å². The lowest BCUT2D eigenvalue weighted by atomic mass is 9.96. The number of hydrogen-bond acceptors (Lipinski definition) is 7. The molecule has 30 heavy (non-hydrogen) atoms. The number of H-pyrrole nitrogens is 2. The molecule has 0 unspecified atom stereocenters. The normalized spacial score (nSPS) is 11.9. The molecule has 0 fully saturated rings. The number of anilines is 3. The van der Waals surface area contributed by atoms with Crippen LogP contribution in [0.5, 0.6) is 0 Å². The summed E-state index contributed by atoms with van der Waals surface area (Å²) in [5.41, 5.74) is 1.83. The second kappa shape index (κ2) is 9.25. The quantitative estimate of drug-likeness (QED) is 0.399. The summed E-state index contributed by atoms with van der Waals surface area (Å²) < 4.78 is 0. The fraction of sp³-hybridized carbons (Fsp3) is 0.524. The van der Waals surface area contributed by atoms with E-state index in [0.717, 1.165) is 49.3 Å². The van der Waals surface area contributed by atoms with Crippen LogP contribution in [0.25, 0.3) is 11.0 Å². The van der Waals surface area contributed by atoms with Gasteiger partial charge in [-0.15, -0.1) is 0 Å². The van der Waals surface area contributed by atoms with Gasteiger partial charge in [0, 0.05) is 17.6 Å². The molecule has 9 heteroatoms. The van der Waals surface area contributed by atoms with Gasteiger partial charge in [0.15, 0.2) is 0 Å². The second-order valence-corrected chi connectivity index (χ2v) is 8.33. The highest BCUT2D eigenvalue weighted by molar-refractivity contribution is 5.79. The van der Waals surface area contributed by atoms with Gasteiger partial charge in [0.25, 0.3) is 0 Å². The number of imidazole rings is 1. The van der Waals surface area contributed by atoms with E-state index in [1.165, 1.54) is 0 Å². The Bertz CT molecular complexity index is 1030. The van der Waals surface area contributed by atoms with Crippen LogP contribution in [0.2, 0.25) is 0 Å². The molecule has 3 rings (SSSR count). The van der Waals surface area contributed by atoms with Gasteiger partial charge in [0.05, 0.1) is 11.0 Å². The molecule has 0 bridgehead atoms. The number of nitrogens with zero attached hydrogens (tertiary/aromatic N) is 4. The fourth-order valence-corrected chi connectivity index (χ4v) is 3.13. The van der Waals surface area contributed by atoms with E-state index < -0.39 is 0 Å². The second-order valence-electron chi connectivity index (χ2n) is 8.33. The number of hydrogen-bond donors (Lipinski definition) is 4. The molecule has 0 amide bonds. The van der Waals surface area contributed by atoms with Crippen LogP contribution in [0.3, 0.4) is 0 Å². The number of benzene rings is 1. The molecule has 1 aromatic carbocycles. The number of nitrogens with one attached hydrogen (secondary N) is 4. The fourth-order valence-electron chi connectivity index (χ4n) is 3.13. The minimum Gasteiger partial charge on any atom is -0.354 e. The first kappa shape index (κ1) is 21.8. The molecule has 0 saturated carbocycles. The Morgan fingerprint density at radius 3 is 2.40 bits per heavy atom. The first-order valence-corrected chi connectivity index (χ1v) is 10.5. The molecule has 2 heterocycles. The van der Waals surface area contributed by atoms with E-state index in [0.29, 0.717) is 17.7 Å². The minimum atomic E-state index is -0.228. The van der Waals surface area contributed by atoms with Crippen LogP contribution in [0.4, 0.5) is 17.6 Å². The van der Waals surface area contributed by atoms with Crippen molar-refractivity contribution in [1.29, 1.82) is 0 Å². The average molecular weight is 413 g/mol. The Morgan fingerprint density at radius 1 is 1.00 bits per heavy atom. The lowest BCUT2D eigenvalue weighted by Gasteiger charge is -2.19. The van der Waals surface area contributed by atoms with Crippen LogP contribution in [0.15, 0.2) is 23.0 Å². The highest BCUT2D eigenvalue weighted by atomic mass is 16.1. The Morgan fingerprint density at radius 2 is 1.70 bits per heavy atom. The van der Waals surface area contributed by atoms with Crippen molar-refractivity contribution >= 4 is 28.6 Å². The van der Waals surface area contributed by atoms with E-state index in [-0.39, 0.29) is 11.1 Å². The Labute approximate surface area is 176 Å². The topological polar surface area (TPSA) is 115 Å². The third kappa shape index (κ3) is 5.56. The van der Waals surface area contributed by atoms with E-state index in [2.05, 4.69) is 75.1 Å². The molecular formula is C21H32N8O. The van der Waals surface area contributed by atoms with E-state index in [1.807, 2.05) is 18.2 Å². The van der Waals surface area contributed by atoms with Crippen molar-refractivity contribution in [2.45, 2.75) is 46.5 Å². The van der Waals surface area contributed by atoms with E-state index >= 15 is 0 Å². The maximum Gasteiger partial charge on any atom is 0.323 e. The summed E-state index contributed by atoms with van der Waals surface area (Å²) in [6.45, 7) is 14.5. The highest BCUT2D eigenvalue weighted by Gasteiger charge is 2.20. The smallest absolute Gasteiger partial charge is 0.323 e. The minimum absolute atomic E-state index is 0.215. The van der Waals surface area contributed by atoms with E-state index in [4.69, 9.17) is 0 Å². The van der Waals surface area contributed by atoms with Crippen LogP contribution < -0.4 is 16.3 Å². The van der Waals surface area contributed by atoms with Crippen molar-refractivity contribution in [3.63, 3.8) is 0 Å². The predicted molar refractivity (Wildman–Crippen MR) is 122 cm³/mol. The molecule has 0 aliphatic heterocycles. The summed E-state index contributed by atoms with van der Waals surface area (Å²) in [5, 5.41) is 6.58. The van der Waals surface area contributed by atoms with Crippen molar-refractivity contribution in [1.82, 2.24) is 29.8 Å². The molecule has 0 saturated heterocycles. The molecular weight excluding hydrogens is 380 g/mol. The third-order valence-electron chi connectivity index (χ3n) is 4.91. The molecule has 2 aromatic heterocycles. The van der Waals surface area contributed by atoms with E-state index in [1.54, 1.807) is 0 Å². The zero-order valence-corrected chi connectivity index (χ0v) is 18.5. The van der Waals surface area contributed by atoms with Crippen LogP contribution in [-0.2, 0) is 5.41 Å². The van der Waals surface area contributed by atoms with Gasteiger partial charge in [-0.25, -0.2) is 4.79 Å². The Hall–Kier alpha value is -2.94. The molecule has 3 aromatic rings. The first-order valence-electron chi connectivity index (χ1n) is 10.5. The molecule has 0 radical (unpaired) electrons. The van der Waals surface area contributed by atoms with Crippen LogP contribution >= 0.6 is 0 Å². The Kier molecular flexibility index (Phi) is 6.71. The van der Waals surface area contributed by atoms with Crippen molar-refractivity contribution in [3.05, 3.63) is 34.5 Å². The molecule has 0 spiro atoms. The van der Waals surface area contributed by atoms with Gasteiger partial charge < -0.3 is 25.5 Å².